The average molecular weight is 274 g/mol. The lowest BCUT2D eigenvalue weighted by molar-refractivity contribution is 0.0873. The number of rotatable bonds is 4. The van der Waals surface area contributed by atoms with Crippen LogP contribution in [0.3, 0.4) is 0 Å². The fourth-order valence-corrected chi connectivity index (χ4v) is 3.89. The SMILES string of the molecule is CCNC1(C(=O)c2cc3ccccc3s2)CCNC1. The first kappa shape index (κ1) is 12.8. The Hall–Kier alpha value is -1.23. The summed E-state index contributed by atoms with van der Waals surface area (Å²) in [5, 5.41) is 7.86. The number of fused-ring (bicyclic) bond motifs is 1. The molecule has 0 radical (unpaired) electrons. The Labute approximate surface area is 117 Å². The maximum absolute atomic E-state index is 12.8. The number of thiophene rings is 1. The van der Waals surface area contributed by atoms with Crippen molar-refractivity contribution in [2.45, 2.75) is 18.9 Å². The molecule has 0 saturated carbocycles. The molecule has 0 aliphatic carbocycles. The van der Waals surface area contributed by atoms with Gasteiger partial charge in [0, 0.05) is 11.2 Å². The van der Waals surface area contributed by atoms with E-state index in [-0.39, 0.29) is 5.78 Å². The van der Waals surface area contributed by atoms with Crippen molar-refractivity contribution in [3.8, 4) is 0 Å². The summed E-state index contributed by atoms with van der Waals surface area (Å²) in [4.78, 5) is 13.7. The van der Waals surface area contributed by atoms with Crippen molar-refractivity contribution < 1.29 is 4.79 Å². The Morgan fingerprint density at radius 2 is 2.32 bits per heavy atom. The van der Waals surface area contributed by atoms with Crippen LogP contribution in [0.5, 0.6) is 0 Å². The van der Waals surface area contributed by atoms with E-state index in [1.807, 2.05) is 18.2 Å². The highest BCUT2D eigenvalue weighted by atomic mass is 32.1. The maximum atomic E-state index is 12.8. The third-order valence-electron chi connectivity index (χ3n) is 3.75. The summed E-state index contributed by atoms with van der Waals surface area (Å²) in [6.07, 6.45) is 0.869. The van der Waals surface area contributed by atoms with E-state index in [2.05, 4.69) is 29.7 Å². The number of nitrogens with one attached hydrogen (secondary N) is 2. The minimum absolute atomic E-state index is 0.237. The van der Waals surface area contributed by atoms with Gasteiger partial charge in [-0.2, -0.15) is 0 Å². The van der Waals surface area contributed by atoms with Crippen molar-refractivity contribution >= 4 is 27.2 Å². The maximum Gasteiger partial charge on any atom is 0.194 e. The van der Waals surface area contributed by atoms with Crippen LogP contribution in [0.1, 0.15) is 23.0 Å². The first-order valence-corrected chi connectivity index (χ1v) is 7.56. The topological polar surface area (TPSA) is 41.1 Å². The zero-order valence-corrected chi connectivity index (χ0v) is 11.8. The second kappa shape index (κ2) is 5.04. The number of hydrogen-bond donors (Lipinski definition) is 2. The van der Waals surface area contributed by atoms with Crippen LogP contribution in [0.25, 0.3) is 10.1 Å². The molecule has 2 aromatic rings. The minimum Gasteiger partial charge on any atom is -0.314 e. The van der Waals surface area contributed by atoms with Gasteiger partial charge in [-0.3, -0.25) is 4.79 Å². The lowest BCUT2D eigenvalue weighted by Gasteiger charge is -2.26. The van der Waals surface area contributed by atoms with Crippen LogP contribution < -0.4 is 10.6 Å². The van der Waals surface area contributed by atoms with Crippen LogP contribution in [0.15, 0.2) is 30.3 Å². The van der Waals surface area contributed by atoms with Crippen LogP contribution in [0.4, 0.5) is 0 Å². The molecule has 1 fully saturated rings. The van der Waals surface area contributed by atoms with Crippen molar-refractivity contribution in [1.82, 2.24) is 10.6 Å². The number of hydrogen-bond acceptors (Lipinski definition) is 4. The fourth-order valence-electron chi connectivity index (χ4n) is 2.78. The second-order valence-electron chi connectivity index (χ2n) is 5.02. The molecule has 19 heavy (non-hydrogen) atoms. The largest absolute Gasteiger partial charge is 0.314 e. The van der Waals surface area contributed by atoms with Crippen molar-refractivity contribution in [1.29, 1.82) is 0 Å². The first-order valence-electron chi connectivity index (χ1n) is 6.74. The van der Waals surface area contributed by atoms with Gasteiger partial charge in [0.25, 0.3) is 0 Å². The summed E-state index contributed by atoms with van der Waals surface area (Å²) in [7, 11) is 0. The third kappa shape index (κ3) is 2.20. The molecule has 2 heterocycles. The van der Waals surface area contributed by atoms with Gasteiger partial charge in [0.1, 0.15) is 0 Å². The zero-order valence-electron chi connectivity index (χ0n) is 11.0. The van der Waals surface area contributed by atoms with Gasteiger partial charge in [-0.25, -0.2) is 0 Å². The highest BCUT2D eigenvalue weighted by Gasteiger charge is 2.41. The number of carbonyl (C=O) groups excluding carboxylic acids is 1. The van der Waals surface area contributed by atoms with E-state index in [0.717, 1.165) is 36.3 Å². The molecular weight excluding hydrogens is 256 g/mol. The van der Waals surface area contributed by atoms with E-state index in [0.29, 0.717) is 0 Å². The highest BCUT2D eigenvalue weighted by Crippen LogP contribution is 2.30. The molecular formula is C15H18N2OS. The van der Waals surface area contributed by atoms with E-state index in [1.54, 1.807) is 11.3 Å². The molecule has 1 aliphatic rings. The molecule has 2 N–H and O–H groups in total. The van der Waals surface area contributed by atoms with Crippen molar-refractivity contribution in [2.75, 3.05) is 19.6 Å². The fraction of sp³-hybridized carbons (Fsp3) is 0.400. The Morgan fingerprint density at radius 1 is 1.47 bits per heavy atom. The highest BCUT2D eigenvalue weighted by molar-refractivity contribution is 7.20. The molecule has 1 aromatic heterocycles. The summed E-state index contributed by atoms with van der Waals surface area (Å²) in [5.41, 5.74) is -0.407. The van der Waals surface area contributed by atoms with Gasteiger partial charge in [0.15, 0.2) is 5.78 Å². The van der Waals surface area contributed by atoms with E-state index in [1.165, 1.54) is 4.70 Å². The molecule has 1 unspecified atom stereocenters. The molecule has 1 aromatic carbocycles. The van der Waals surface area contributed by atoms with Gasteiger partial charge in [0.05, 0.1) is 10.4 Å². The lowest BCUT2D eigenvalue weighted by Crippen LogP contribution is -2.53. The normalized spacial score (nSPS) is 23.0. The van der Waals surface area contributed by atoms with Gasteiger partial charge < -0.3 is 10.6 Å². The number of likely N-dealkylation sites (N-methyl/N-ethyl adjacent to an activating group) is 1. The summed E-state index contributed by atoms with van der Waals surface area (Å²) in [5.74, 6) is 0.237. The summed E-state index contributed by atoms with van der Waals surface area (Å²) in [6.45, 7) is 4.51. The van der Waals surface area contributed by atoms with Gasteiger partial charge in [-0.15, -0.1) is 11.3 Å². The number of ketones is 1. The molecule has 3 rings (SSSR count). The van der Waals surface area contributed by atoms with Gasteiger partial charge >= 0.3 is 0 Å². The van der Waals surface area contributed by atoms with E-state index >= 15 is 0 Å². The van der Waals surface area contributed by atoms with Crippen LogP contribution in [-0.2, 0) is 0 Å². The average Bonchev–Trinajstić information content (AvgIpc) is 3.04. The van der Waals surface area contributed by atoms with Crippen molar-refractivity contribution in [2.24, 2.45) is 0 Å². The number of Topliss-reactive ketones (excluding diaryl/α,β-unsaturated/α-hetero) is 1. The Balaban J connectivity index is 1.97. The molecule has 100 valence electrons. The Morgan fingerprint density at radius 3 is 3.00 bits per heavy atom. The Bertz CT molecular complexity index is 566. The van der Waals surface area contributed by atoms with Crippen LogP contribution in [-0.4, -0.2) is 31.0 Å². The standard InChI is InChI=1S/C15H18N2OS/c1-2-17-15(7-8-16-10-15)14(18)13-9-11-5-3-4-6-12(11)19-13/h3-6,9,16-17H,2,7-8,10H2,1H3. The molecule has 0 bridgehead atoms. The molecule has 3 nitrogen and oxygen atoms in total. The minimum atomic E-state index is -0.407. The molecule has 1 aliphatic heterocycles. The smallest absolute Gasteiger partial charge is 0.194 e. The van der Waals surface area contributed by atoms with Crippen molar-refractivity contribution in [3.05, 3.63) is 35.2 Å². The van der Waals surface area contributed by atoms with Crippen LogP contribution in [0, 0.1) is 0 Å². The summed E-state index contributed by atoms with van der Waals surface area (Å²) >= 11 is 1.60. The third-order valence-corrected chi connectivity index (χ3v) is 4.87. The lowest BCUT2D eigenvalue weighted by atomic mass is 9.91. The van der Waals surface area contributed by atoms with E-state index < -0.39 is 5.54 Å². The monoisotopic (exact) mass is 274 g/mol. The van der Waals surface area contributed by atoms with Crippen LogP contribution >= 0.6 is 11.3 Å². The molecule has 0 amide bonds. The summed E-state index contributed by atoms with van der Waals surface area (Å²) in [6, 6.07) is 10.2. The Kier molecular flexibility index (Phi) is 3.39. The summed E-state index contributed by atoms with van der Waals surface area (Å²) < 4.78 is 1.18. The molecule has 0 spiro atoms. The van der Waals surface area contributed by atoms with Gasteiger partial charge in [-0.1, -0.05) is 25.1 Å². The first-order chi connectivity index (χ1) is 9.25. The van der Waals surface area contributed by atoms with Crippen LogP contribution in [0.2, 0.25) is 0 Å². The van der Waals surface area contributed by atoms with Gasteiger partial charge in [0.2, 0.25) is 0 Å². The van der Waals surface area contributed by atoms with E-state index in [4.69, 9.17) is 0 Å². The number of benzene rings is 1. The van der Waals surface area contributed by atoms with Gasteiger partial charge in [-0.05, 0) is 37.0 Å². The predicted octanol–water partition coefficient (Wildman–Crippen LogP) is 2.43. The molecule has 1 saturated heterocycles. The second-order valence-corrected chi connectivity index (χ2v) is 6.10. The predicted molar refractivity (Wildman–Crippen MR) is 80.0 cm³/mol. The quantitative estimate of drug-likeness (QED) is 0.841. The van der Waals surface area contributed by atoms with Crippen molar-refractivity contribution in [3.63, 3.8) is 0 Å². The number of carbonyl (C=O) groups is 1. The zero-order chi connectivity index (χ0) is 13.3. The molecule has 1 atom stereocenters. The van der Waals surface area contributed by atoms with E-state index in [9.17, 15) is 4.79 Å². The molecule has 4 heteroatoms.